The summed E-state index contributed by atoms with van der Waals surface area (Å²) >= 11 is 0. The average Bonchev–Trinajstić information content (AvgIpc) is 2.51. The lowest BCUT2D eigenvalue weighted by molar-refractivity contribution is -0.153. The SMILES string of the molecule is O=C(COc1ccccc1OCC(F)(F)F)N1CCCCC1. The van der Waals surface area contributed by atoms with E-state index in [1.165, 1.54) is 12.1 Å². The molecule has 7 heteroatoms. The van der Waals surface area contributed by atoms with Crippen LogP contribution in [-0.4, -0.2) is 43.3 Å². The second kappa shape index (κ2) is 7.38. The van der Waals surface area contributed by atoms with Crippen LogP contribution < -0.4 is 9.47 Å². The minimum atomic E-state index is -4.42. The van der Waals surface area contributed by atoms with Gasteiger partial charge in [-0.2, -0.15) is 13.2 Å². The lowest BCUT2D eigenvalue weighted by Gasteiger charge is -2.26. The molecule has 2 rings (SSSR count). The Bertz CT molecular complexity index is 499. The Labute approximate surface area is 126 Å². The first-order chi connectivity index (χ1) is 10.5. The normalized spacial score (nSPS) is 15.5. The third-order valence-electron chi connectivity index (χ3n) is 3.30. The molecule has 0 N–H and O–H groups in total. The number of amides is 1. The zero-order chi connectivity index (χ0) is 16.0. The van der Waals surface area contributed by atoms with Gasteiger partial charge in [0.25, 0.3) is 5.91 Å². The third kappa shape index (κ3) is 5.13. The van der Waals surface area contributed by atoms with Gasteiger partial charge in [0, 0.05) is 13.1 Å². The maximum absolute atomic E-state index is 12.2. The summed E-state index contributed by atoms with van der Waals surface area (Å²) in [5.41, 5.74) is 0. The van der Waals surface area contributed by atoms with E-state index in [1.54, 1.807) is 17.0 Å². The van der Waals surface area contributed by atoms with Crippen LogP contribution >= 0.6 is 0 Å². The molecular weight excluding hydrogens is 299 g/mol. The fraction of sp³-hybridized carbons (Fsp3) is 0.533. The summed E-state index contributed by atoms with van der Waals surface area (Å²) in [5, 5.41) is 0. The van der Waals surface area contributed by atoms with Crippen molar-refractivity contribution in [1.29, 1.82) is 0 Å². The topological polar surface area (TPSA) is 38.8 Å². The molecule has 0 bridgehead atoms. The minimum absolute atomic E-state index is 0.0220. The summed E-state index contributed by atoms with van der Waals surface area (Å²) in [7, 11) is 0. The van der Waals surface area contributed by atoms with Crippen LogP contribution in [0.15, 0.2) is 24.3 Å². The number of alkyl halides is 3. The highest BCUT2D eigenvalue weighted by atomic mass is 19.4. The molecule has 0 unspecified atom stereocenters. The van der Waals surface area contributed by atoms with Crippen LogP contribution in [0.25, 0.3) is 0 Å². The summed E-state index contributed by atoms with van der Waals surface area (Å²) in [5.74, 6) is -0.0475. The lowest BCUT2D eigenvalue weighted by atomic mass is 10.1. The fourth-order valence-corrected chi connectivity index (χ4v) is 2.22. The zero-order valence-electron chi connectivity index (χ0n) is 12.1. The van der Waals surface area contributed by atoms with Gasteiger partial charge in [-0.3, -0.25) is 4.79 Å². The number of piperidine rings is 1. The van der Waals surface area contributed by atoms with Gasteiger partial charge in [0.1, 0.15) is 0 Å². The largest absolute Gasteiger partial charge is 0.480 e. The first kappa shape index (κ1) is 16.5. The average molecular weight is 317 g/mol. The Hall–Kier alpha value is -1.92. The Morgan fingerprint density at radius 1 is 1.05 bits per heavy atom. The molecule has 4 nitrogen and oxygen atoms in total. The first-order valence-corrected chi connectivity index (χ1v) is 7.15. The highest BCUT2D eigenvalue weighted by molar-refractivity contribution is 5.77. The molecule has 1 fully saturated rings. The second-order valence-corrected chi connectivity index (χ2v) is 5.08. The standard InChI is InChI=1S/C15H18F3NO3/c16-15(17,18)11-22-13-7-3-2-6-12(13)21-10-14(20)19-8-4-1-5-9-19/h2-3,6-7H,1,4-5,8-11H2. The Balaban J connectivity index is 1.90. The van der Waals surface area contributed by atoms with Crippen LogP contribution in [0.2, 0.25) is 0 Å². The summed E-state index contributed by atoms with van der Waals surface area (Å²) < 4.78 is 46.6. The predicted molar refractivity (Wildman–Crippen MR) is 73.9 cm³/mol. The predicted octanol–water partition coefficient (Wildman–Crippen LogP) is 3.02. The van der Waals surface area contributed by atoms with Crippen molar-refractivity contribution in [2.75, 3.05) is 26.3 Å². The van der Waals surface area contributed by atoms with Gasteiger partial charge in [0.05, 0.1) is 0 Å². The number of carbonyl (C=O) groups excluding carboxylic acids is 1. The molecule has 1 aromatic carbocycles. The van der Waals surface area contributed by atoms with Gasteiger partial charge < -0.3 is 14.4 Å². The fourth-order valence-electron chi connectivity index (χ4n) is 2.22. The molecule has 1 amide bonds. The van der Waals surface area contributed by atoms with E-state index < -0.39 is 12.8 Å². The van der Waals surface area contributed by atoms with E-state index in [9.17, 15) is 18.0 Å². The summed E-state index contributed by atoms with van der Waals surface area (Å²) in [6, 6.07) is 6.02. The quantitative estimate of drug-likeness (QED) is 0.838. The smallest absolute Gasteiger partial charge is 0.422 e. The molecule has 0 radical (unpaired) electrons. The number of benzene rings is 1. The molecule has 0 atom stereocenters. The number of ether oxygens (including phenoxy) is 2. The zero-order valence-corrected chi connectivity index (χ0v) is 12.1. The number of rotatable bonds is 5. The van der Waals surface area contributed by atoms with Crippen LogP contribution in [0, 0.1) is 0 Å². The van der Waals surface area contributed by atoms with Crippen molar-refractivity contribution >= 4 is 5.91 Å². The molecule has 1 heterocycles. The van der Waals surface area contributed by atoms with E-state index in [-0.39, 0.29) is 24.0 Å². The Morgan fingerprint density at radius 3 is 2.23 bits per heavy atom. The van der Waals surface area contributed by atoms with Crippen molar-refractivity contribution in [3.63, 3.8) is 0 Å². The van der Waals surface area contributed by atoms with E-state index in [0.717, 1.165) is 19.3 Å². The molecule has 1 aliphatic heterocycles. The summed E-state index contributed by atoms with van der Waals surface area (Å²) in [6.45, 7) is -0.192. The minimum Gasteiger partial charge on any atom is -0.480 e. The molecular formula is C15H18F3NO3. The van der Waals surface area contributed by atoms with Crippen molar-refractivity contribution in [3.8, 4) is 11.5 Å². The summed E-state index contributed by atoms with van der Waals surface area (Å²) in [4.78, 5) is 13.7. The molecule has 1 saturated heterocycles. The number of carbonyl (C=O) groups is 1. The maximum Gasteiger partial charge on any atom is 0.422 e. The molecule has 1 aromatic rings. The molecule has 0 spiro atoms. The number of halogens is 3. The monoisotopic (exact) mass is 317 g/mol. The van der Waals surface area contributed by atoms with Crippen LogP contribution in [0.1, 0.15) is 19.3 Å². The van der Waals surface area contributed by atoms with Crippen LogP contribution in [0.5, 0.6) is 11.5 Å². The van der Waals surface area contributed by atoms with Gasteiger partial charge in [-0.25, -0.2) is 0 Å². The molecule has 0 aliphatic carbocycles. The van der Waals surface area contributed by atoms with Gasteiger partial charge in [-0.15, -0.1) is 0 Å². The first-order valence-electron chi connectivity index (χ1n) is 7.15. The highest BCUT2D eigenvalue weighted by Crippen LogP contribution is 2.28. The van der Waals surface area contributed by atoms with E-state index >= 15 is 0 Å². The second-order valence-electron chi connectivity index (χ2n) is 5.08. The molecule has 0 aromatic heterocycles. The number of likely N-dealkylation sites (tertiary alicyclic amines) is 1. The van der Waals surface area contributed by atoms with Gasteiger partial charge in [-0.1, -0.05) is 12.1 Å². The van der Waals surface area contributed by atoms with Crippen molar-refractivity contribution in [1.82, 2.24) is 4.90 Å². The van der Waals surface area contributed by atoms with Crippen LogP contribution in [-0.2, 0) is 4.79 Å². The van der Waals surface area contributed by atoms with Crippen LogP contribution in [0.4, 0.5) is 13.2 Å². The van der Waals surface area contributed by atoms with Crippen molar-refractivity contribution in [2.24, 2.45) is 0 Å². The van der Waals surface area contributed by atoms with E-state index in [4.69, 9.17) is 9.47 Å². The van der Waals surface area contributed by atoms with Crippen molar-refractivity contribution < 1.29 is 27.4 Å². The van der Waals surface area contributed by atoms with E-state index in [1.807, 2.05) is 0 Å². The lowest BCUT2D eigenvalue weighted by Crippen LogP contribution is -2.38. The number of para-hydroxylation sites is 2. The van der Waals surface area contributed by atoms with Gasteiger partial charge >= 0.3 is 6.18 Å². The number of nitrogens with zero attached hydrogens (tertiary/aromatic N) is 1. The van der Waals surface area contributed by atoms with Gasteiger partial charge in [0.2, 0.25) is 0 Å². The third-order valence-corrected chi connectivity index (χ3v) is 3.30. The van der Waals surface area contributed by atoms with Gasteiger partial charge in [-0.05, 0) is 31.4 Å². The maximum atomic E-state index is 12.2. The molecule has 22 heavy (non-hydrogen) atoms. The molecule has 1 aliphatic rings. The Morgan fingerprint density at radius 2 is 1.64 bits per heavy atom. The number of hydrogen-bond donors (Lipinski definition) is 0. The Kier molecular flexibility index (Phi) is 5.51. The number of hydrogen-bond acceptors (Lipinski definition) is 3. The van der Waals surface area contributed by atoms with Crippen molar-refractivity contribution in [3.05, 3.63) is 24.3 Å². The summed E-state index contributed by atoms with van der Waals surface area (Å²) in [6.07, 6.45) is -1.37. The van der Waals surface area contributed by atoms with E-state index in [2.05, 4.69) is 0 Å². The molecule has 0 saturated carbocycles. The molecule has 122 valence electrons. The van der Waals surface area contributed by atoms with Crippen molar-refractivity contribution in [2.45, 2.75) is 25.4 Å². The van der Waals surface area contributed by atoms with Gasteiger partial charge in [0.15, 0.2) is 24.7 Å². The van der Waals surface area contributed by atoms with Crippen LogP contribution in [0.3, 0.4) is 0 Å². The highest BCUT2D eigenvalue weighted by Gasteiger charge is 2.29. The van der Waals surface area contributed by atoms with E-state index in [0.29, 0.717) is 13.1 Å².